The van der Waals surface area contributed by atoms with Crippen LogP contribution in [-0.2, 0) is 16.6 Å². The van der Waals surface area contributed by atoms with Gasteiger partial charge in [0.25, 0.3) is 0 Å². The zero-order valence-electron chi connectivity index (χ0n) is 12.6. The average molecular weight is 314 g/mol. The molecule has 1 aromatic rings. The van der Waals surface area contributed by atoms with Gasteiger partial charge in [-0.05, 0) is 43.0 Å². The van der Waals surface area contributed by atoms with Crippen molar-refractivity contribution in [2.45, 2.75) is 38.1 Å². The lowest BCUT2D eigenvalue weighted by Crippen LogP contribution is -2.30. The van der Waals surface area contributed by atoms with Crippen LogP contribution in [0, 0.1) is 11.7 Å². The molecule has 4 nitrogen and oxygen atoms in total. The average Bonchev–Trinajstić information content (AvgIpc) is 2.88. The highest BCUT2D eigenvalue weighted by atomic mass is 32.2. The van der Waals surface area contributed by atoms with Gasteiger partial charge in [-0.3, -0.25) is 0 Å². The molecule has 0 spiro atoms. The number of halogens is 1. The number of sulfonamides is 1. The highest BCUT2D eigenvalue weighted by Crippen LogP contribution is 2.26. The molecule has 0 bridgehead atoms. The van der Waals surface area contributed by atoms with Gasteiger partial charge in [0.05, 0.1) is 4.90 Å². The van der Waals surface area contributed by atoms with Crippen molar-refractivity contribution in [1.29, 1.82) is 0 Å². The van der Waals surface area contributed by atoms with E-state index in [4.69, 9.17) is 0 Å². The summed E-state index contributed by atoms with van der Waals surface area (Å²) in [4.78, 5) is 0.0974. The summed E-state index contributed by atoms with van der Waals surface area (Å²) in [6.45, 7) is 6.35. The summed E-state index contributed by atoms with van der Waals surface area (Å²) >= 11 is 0. The lowest BCUT2D eigenvalue weighted by molar-refractivity contribution is 0.462. The first-order valence-electron chi connectivity index (χ1n) is 7.44. The van der Waals surface area contributed by atoms with Gasteiger partial charge in [-0.15, -0.1) is 0 Å². The normalized spacial score (nSPS) is 20.0. The van der Waals surface area contributed by atoms with Crippen LogP contribution in [0.1, 0.15) is 32.3 Å². The summed E-state index contributed by atoms with van der Waals surface area (Å²) in [6.07, 6.45) is 1.82. The monoisotopic (exact) mass is 314 g/mol. The number of nitrogens with zero attached hydrogens (tertiary/aromatic N) is 1. The van der Waals surface area contributed by atoms with E-state index in [1.807, 2.05) is 13.8 Å². The fourth-order valence-electron chi connectivity index (χ4n) is 2.57. The minimum atomic E-state index is -3.61. The maximum absolute atomic E-state index is 13.5. The molecule has 0 aliphatic carbocycles. The molecule has 0 radical (unpaired) electrons. The van der Waals surface area contributed by atoms with Gasteiger partial charge in [0.1, 0.15) is 5.82 Å². The van der Waals surface area contributed by atoms with Crippen molar-refractivity contribution in [3.8, 4) is 0 Å². The molecule has 1 unspecified atom stereocenters. The summed E-state index contributed by atoms with van der Waals surface area (Å²) < 4.78 is 40.4. The minimum absolute atomic E-state index is 0.0974. The van der Waals surface area contributed by atoms with Gasteiger partial charge in [-0.25, -0.2) is 12.8 Å². The Morgan fingerprint density at radius 3 is 2.81 bits per heavy atom. The van der Waals surface area contributed by atoms with E-state index < -0.39 is 15.8 Å². The quantitative estimate of drug-likeness (QED) is 0.820. The van der Waals surface area contributed by atoms with Crippen molar-refractivity contribution in [3.63, 3.8) is 0 Å². The molecule has 1 atom stereocenters. The molecule has 1 aromatic carbocycles. The predicted molar refractivity (Wildman–Crippen MR) is 80.9 cm³/mol. The number of hydrogen-bond donors (Lipinski definition) is 1. The molecule has 0 aromatic heterocycles. The summed E-state index contributed by atoms with van der Waals surface area (Å²) in [5, 5.41) is 3.18. The Morgan fingerprint density at radius 1 is 1.43 bits per heavy atom. The molecule has 1 N–H and O–H groups in total. The van der Waals surface area contributed by atoms with Crippen LogP contribution in [0.2, 0.25) is 0 Å². The fourth-order valence-corrected chi connectivity index (χ4v) is 4.37. The Kier molecular flexibility index (Phi) is 5.35. The molecule has 1 aliphatic heterocycles. The van der Waals surface area contributed by atoms with Crippen molar-refractivity contribution < 1.29 is 12.8 Å². The van der Waals surface area contributed by atoms with E-state index in [0.29, 0.717) is 31.1 Å². The highest BCUT2D eigenvalue weighted by Gasteiger charge is 2.32. The van der Waals surface area contributed by atoms with Crippen LogP contribution >= 0.6 is 0 Å². The molecule has 1 saturated heterocycles. The van der Waals surface area contributed by atoms with E-state index in [-0.39, 0.29) is 4.90 Å². The molecular weight excluding hydrogens is 291 g/mol. The number of nitrogens with one attached hydrogen (secondary N) is 1. The third-order valence-electron chi connectivity index (χ3n) is 3.78. The van der Waals surface area contributed by atoms with Gasteiger partial charge in [-0.1, -0.05) is 19.9 Å². The van der Waals surface area contributed by atoms with Crippen LogP contribution in [0.3, 0.4) is 0 Å². The van der Waals surface area contributed by atoms with Crippen LogP contribution in [-0.4, -0.2) is 32.4 Å². The largest absolute Gasteiger partial charge is 0.313 e. The van der Waals surface area contributed by atoms with Crippen molar-refractivity contribution in [2.24, 2.45) is 5.92 Å². The molecule has 1 heterocycles. The topological polar surface area (TPSA) is 49.4 Å². The highest BCUT2D eigenvalue weighted by molar-refractivity contribution is 7.89. The Morgan fingerprint density at radius 2 is 2.19 bits per heavy atom. The molecule has 0 amide bonds. The zero-order valence-corrected chi connectivity index (χ0v) is 13.4. The van der Waals surface area contributed by atoms with E-state index in [1.165, 1.54) is 10.4 Å². The lowest BCUT2D eigenvalue weighted by Gasteiger charge is -2.19. The number of hydrogen-bond acceptors (Lipinski definition) is 3. The molecule has 0 saturated carbocycles. The summed E-state index contributed by atoms with van der Waals surface area (Å²) in [5.41, 5.74) is 0.629. The van der Waals surface area contributed by atoms with Crippen molar-refractivity contribution in [3.05, 3.63) is 29.6 Å². The molecule has 21 heavy (non-hydrogen) atoms. The predicted octanol–water partition coefficient (Wildman–Crippen LogP) is 2.36. The Hall–Kier alpha value is -0.980. The maximum atomic E-state index is 13.5. The van der Waals surface area contributed by atoms with Crippen molar-refractivity contribution in [1.82, 2.24) is 9.62 Å². The molecule has 1 fully saturated rings. The van der Waals surface area contributed by atoms with Crippen LogP contribution in [0.5, 0.6) is 0 Å². The van der Waals surface area contributed by atoms with Gasteiger partial charge in [0.15, 0.2) is 0 Å². The molecule has 2 rings (SSSR count). The molecule has 6 heteroatoms. The van der Waals surface area contributed by atoms with Gasteiger partial charge >= 0.3 is 0 Å². The second-order valence-electron chi connectivity index (χ2n) is 5.69. The van der Waals surface area contributed by atoms with E-state index in [2.05, 4.69) is 5.32 Å². The molecular formula is C15H23FN2O2S. The first-order valence-corrected chi connectivity index (χ1v) is 8.88. The third-order valence-corrected chi connectivity index (χ3v) is 5.72. The van der Waals surface area contributed by atoms with Crippen LogP contribution in [0.25, 0.3) is 0 Å². The number of benzene rings is 1. The third kappa shape index (κ3) is 3.81. The van der Waals surface area contributed by atoms with E-state index in [9.17, 15) is 12.8 Å². The summed E-state index contributed by atoms with van der Waals surface area (Å²) in [6, 6.07) is 4.01. The second-order valence-corrected chi connectivity index (χ2v) is 7.59. The molecule has 1 aliphatic rings. The Bertz CT molecular complexity index is 589. The van der Waals surface area contributed by atoms with Gasteiger partial charge in [0.2, 0.25) is 10.0 Å². The summed E-state index contributed by atoms with van der Waals surface area (Å²) in [7, 11) is -3.61. The van der Waals surface area contributed by atoms with E-state index >= 15 is 0 Å². The van der Waals surface area contributed by atoms with E-state index in [0.717, 1.165) is 25.5 Å². The first-order chi connectivity index (χ1) is 9.95. The number of rotatable bonds is 6. The van der Waals surface area contributed by atoms with Crippen molar-refractivity contribution >= 4 is 10.0 Å². The van der Waals surface area contributed by atoms with Crippen molar-refractivity contribution in [2.75, 3.05) is 19.6 Å². The fraction of sp³-hybridized carbons (Fsp3) is 0.600. The lowest BCUT2D eigenvalue weighted by atomic mass is 10.2. The maximum Gasteiger partial charge on any atom is 0.243 e. The van der Waals surface area contributed by atoms with Gasteiger partial charge in [0, 0.05) is 19.6 Å². The van der Waals surface area contributed by atoms with Crippen LogP contribution in [0.4, 0.5) is 4.39 Å². The standard InChI is InChI=1S/C15H23FN2O2S/c1-3-7-17-10-13-4-5-14(16)9-15(13)21(19,20)18-8-6-12(2)11-18/h4-5,9,12,17H,3,6-8,10-11H2,1-2H3. The van der Waals surface area contributed by atoms with Crippen LogP contribution in [0.15, 0.2) is 23.1 Å². The minimum Gasteiger partial charge on any atom is -0.313 e. The Balaban J connectivity index is 2.30. The second kappa shape index (κ2) is 6.85. The zero-order chi connectivity index (χ0) is 15.5. The molecule has 118 valence electrons. The van der Waals surface area contributed by atoms with Gasteiger partial charge < -0.3 is 5.32 Å². The smallest absolute Gasteiger partial charge is 0.243 e. The van der Waals surface area contributed by atoms with Crippen LogP contribution < -0.4 is 5.32 Å². The SMILES string of the molecule is CCCNCc1ccc(F)cc1S(=O)(=O)N1CCC(C)C1. The Labute approximate surface area is 126 Å². The van der Waals surface area contributed by atoms with E-state index in [1.54, 1.807) is 6.07 Å². The first kappa shape index (κ1) is 16.4. The van der Waals surface area contributed by atoms with Gasteiger partial charge in [-0.2, -0.15) is 4.31 Å². The summed E-state index contributed by atoms with van der Waals surface area (Å²) in [5.74, 6) is -0.157.